The second-order valence-electron chi connectivity index (χ2n) is 8.34. The third kappa shape index (κ3) is 4.40. The maximum atomic E-state index is 13.7. The smallest absolute Gasteiger partial charge is 0.233 e. The Labute approximate surface area is 174 Å². The molecule has 1 heterocycles. The zero-order valence-corrected chi connectivity index (χ0v) is 17.5. The van der Waals surface area contributed by atoms with Crippen LogP contribution in [0.15, 0.2) is 41.4 Å². The Balaban J connectivity index is 1.56. The number of anilines is 1. The summed E-state index contributed by atoms with van der Waals surface area (Å²) in [5.41, 5.74) is 0.621. The number of halogens is 2. The van der Waals surface area contributed by atoms with Crippen molar-refractivity contribution >= 4 is 21.6 Å². The maximum Gasteiger partial charge on any atom is 0.233 e. The molecule has 162 valence electrons. The monoisotopic (exact) mass is 437 g/mol. The van der Waals surface area contributed by atoms with Gasteiger partial charge in [-0.05, 0) is 55.7 Å². The number of hydrogen-bond acceptors (Lipinski definition) is 4. The number of aryl methyl sites for hydroxylation is 1. The number of alkyl halides is 2. The molecule has 0 bridgehead atoms. The topological polar surface area (TPSA) is 81.1 Å². The summed E-state index contributed by atoms with van der Waals surface area (Å²) in [6.07, 6.45) is 0.506. The van der Waals surface area contributed by atoms with Gasteiger partial charge in [-0.15, -0.1) is 0 Å². The molecule has 3 atom stereocenters. The van der Waals surface area contributed by atoms with Crippen LogP contribution in [0.25, 0.3) is 0 Å². The number of nitrogens with zero attached hydrogens (tertiary/aromatic N) is 2. The molecule has 2 aliphatic carbocycles. The number of nitrogens with one attached hydrogen (secondary N) is 1. The van der Waals surface area contributed by atoms with Crippen molar-refractivity contribution < 1.29 is 22.0 Å². The molecule has 0 aliphatic heterocycles. The number of hydrogen-bond donors (Lipinski definition) is 1. The molecule has 2 aromatic rings. The Bertz CT molecular complexity index is 1010. The highest BCUT2D eigenvalue weighted by molar-refractivity contribution is 7.92. The van der Waals surface area contributed by atoms with E-state index in [0.717, 1.165) is 0 Å². The van der Waals surface area contributed by atoms with Crippen LogP contribution in [0, 0.1) is 5.92 Å². The van der Waals surface area contributed by atoms with E-state index in [9.17, 15) is 22.0 Å². The third-order valence-corrected chi connectivity index (χ3v) is 8.21. The molecule has 9 heteroatoms. The molecule has 2 aliphatic rings. The molecule has 6 nitrogen and oxygen atoms in total. The van der Waals surface area contributed by atoms with Crippen LogP contribution in [-0.4, -0.2) is 41.7 Å². The average molecular weight is 438 g/mol. The molecular formula is C21H25F2N3O3S. The first-order valence-electron chi connectivity index (χ1n) is 10.2. The Morgan fingerprint density at radius 3 is 2.33 bits per heavy atom. The molecule has 1 aromatic carbocycles. The van der Waals surface area contributed by atoms with Crippen LogP contribution in [0.5, 0.6) is 0 Å². The van der Waals surface area contributed by atoms with Crippen LogP contribution >= 0.6 is 0 Å². The Hall–Kier alpha value is -2.29. The number of rotatable bonds is 7. The lowest BCUT2D eigenvalue weighted by molar-refractivity contribution is -0.118. The molecular weight excluding hydrogens is 412 g/mol. The first-order valence-corrected chi connectivity index (χ1v) is 11.7. The average Bonchev–Trinajstić information content (AvgIpc) is 3.42. The van der Waals surface area contributed by atoms with Gasteiger partial charge in [0.05, 0.1) is 16.1 Å². The van der Waals surface area contributed by atoms with Gasteiger partial charge < -0.3 is 5.32 Å². The predicted octanol–water partition coefficient (Wildman–Crippen LogP) is 3.55. The van der Waals surface area contributed by atoms with E-state index in [1.807, 2.05) is 0 Å². The fraction of sp³-hybridized carbons (Fsp3) is 0.524. The number of aromatic nitrogens is 2. The van der Waals surface area contributed by atoms with Crippen molar-refractivity contribution in [2.24, 2.45) is 13.0 Å². The minimum Gasteiger partial charge on any atom is -0.309 e. The zero-order chi connectivity index (χ0) is 21.5. The summed E-state index contributed by atoms with van der Waals surface area (Å²) in [6.45, 7) is 0. The highest BCUT2D eigenvalue weighted by Crippen LogP contribution is 2.39. The highest BCUT2D eigenvalue weighted by atomic mass is 32.2. The van der Waals surface area contributed by atoms with Gasteiger partial charge in [0.15, 0.2) is 15.7 Å². The standard InChI is InChI=1S/C21H25F2N3O3S/c1-26-9-8-20(25-26)24-21(27)17(10-13-11-18(22)19(23)12-13)14-2-4-15(5-3-14)30(28,29)16-6-7-16/h2-5,8-9,13,16-19H,6-7,10-12H2,1H3,(H,24,25,27). The molecule has 0 saturated heterocycles. The Kier molecular flexibility index (Phi) is 5.65. The van der Waals surface area contributed by atoms with Crippen LogP contribution in [0.1, 0.15) is 43.6 Å². The summed E-state index contributed by atoms with van der Waals surface area (Å²) in [6, 6.07) is 7.97. The third-order valence-electron chi connectivity index (χ3n) is 5.93. The normalized spacial score (nSPS) is 25.2. The molecule has 4 rings (SSSR count). The number of benzene rings is 1. The van der Waals surface area contributed by atoms with E-state index in [-0.39, 0.29) is 41.2 Å². The lowest BCUT2D eigenvalue weighted by atomic mass is 9.87. The van der Waals surface area contributed by atoms with Gasteiger partial charge >= 0.3 is 0 Å². The van der Waals surface area contributed by atoms with Crippen molar-refractivity contribution in [1.82, 2.24) is 9.78 Å². The van der Waals surface area contributed by atoms with E-state index in [1.54, 1.807) is 36.1 Å². The number of sulfone groups is 1. The second-order valence-corrected chi connectivity index (χ2v) is 10.6. The van der Waals surface area contributed by atoms with E-state index >= 15 is 0 Å². The van der Waals surface area contributed by atoms with Gasteiger partial charge in [-0.2, -0.15) is 5.10 Å². The van der Waals surface area contributed by atoms with Crippen molar-refractivity contribution in [2.45, 2.75) is 60.5 Å². The van der Waals surface area contributed by atoms with Gasteiger partial charge in [0.25, 0.3) is 0 Å². The van der Waals surface area contributed by atoms with Gasteiger partial charge in [-0.3, -0.25) is 9.48 Å². The molecule has 3 unspecified atom stereocenters. The van der Waals surface area contributed by atoms with Crippen LogP contribution < -0.4 is 5.32 Å². The lowest BCUT2D eigenvalue weighted by Crippen LogP contribution is -2.23. The van der Waals surface area contributed by atoms with E-state index < -0.39 is 28.1 Å². The van der Waals surface area contributed by atoms with Gasteiger partial charge in [0.2, 0.25) is 5.91 Å². The zero-order valence-electron chi connectivity index (χ0n) is 16.7. The van der Waals surface area contributed by atoms with Crippen molar-refractivity contribution in [3.63, 3.8) is 0 Å². The lowest BCUT2D eigenvalue weighted by Gasteiger charge is -2.20. The molecule has 1 amide bonds. The Morgan fingerprint density at radius 2 is 1.80 bits per heavy atom. The summed E-state index contributed by atoms with van der Waals surface area (Å²) >= 11 is 0. The predicted molar refractivity (Wildman–Crippen MR) is 108 cm³/mol. The summed E-state index contributed by atoms with van der Waals surface area (Å²) in [4.78, 5) is 13.2. The molecule has 0 spiro atoms. The SMILES string of the molecule is Cn1ccc(NC(=O)C(CC2CC(F)C(F)C2)c2ccc(S(=O)(=O)C3CC3)cc2)n1. The fourth-order valence-corrected chi connectivity index (χ4v) is 5.76. The van der Waals surface area contributed by atoms with E-state index in [2.05, 4.69) is 10.4 Å². The second kappa shape index (κ2) is 8.09. The van der Waals surface area contributed by atoms with Crippen LogP contribution in [-0.2, 0) is 21.7 Å². The van der Waals surface area contributed by atoms with Crippen LogP contribution in [0.4, 0.5) is 14.6 Å². The van der Waals surface area contributed by atoms with Gasteiger partial charge in [-0.1, -0.05) is 12.1 Å². The Morgan fingerprint density at radius 1 is 1.17 bits per heavy atom. The molecule has 2 fully saturated rings. The summed E-state index contributed by atoms with van der Waals surface area (Å²) in [7, 11) is -1.59. The summed E-state index contributed by atoms with van der Waals surface area (Å²) < 4.78 is 53.8. The van der Waals surface area contributed by atoms with Crippen LogP contribution in [0.2, 0.25) is 0 Å². The van der Waals surface area contributed by atoms with E-state index in [1.165, 1.54) is 12.1 Å². The van der Waals surface area contributed by atoms with Gasteiger partial charge in [0.1, 0.15) is 12.3 Å². The van der Waals surface area contributed by atoms with Crippen molar-refractivity contribution in [1.29, 1.82) is 0 Å². The fourth-order valence-electron chi connectivity index (χ4n) is 4.10. The summed E-state index contributed by atoms with van der Waals surface area (Å²) in [5.74, 6) is -0.862. The number of amides is 1. The van der Waals surface area contributed by atoms with E-state index in [0.29, 0.717) is 24.2 Å². The van der Waals surface area contributed by atoms with Crippen molar-refractivity contribution in [3.05, 3.63) is 42.1 Å². The minimum atomic E-state index is -3.32. The van der Waals surface area contributed by atoms with Crippen LogP contribution in [0.3, 0.4) is 0 Å². The van der Waals surface area contributed by atoms with E-state index in [4.69, 9.17) is 0 Å². The highest BCUT2D eigenvalue weighted by Gasteiger charge is 2.38. The maximum absolute atomic E-state index is 13.7. The molecule has 0 radical (unpaired) electrons. The number of carbonyl (C=O) groups is 1. The van der Waals surface area contributed by atoms with Gasteiger partial charge in [0, 0.05) is 19.3 Å². The largest absolute Gasteiger partial charge is 0.309 e. The number of carbonyl (C=O) groups excluding carboxylic acids is 1. The minimum absolute atomic E-state index is 0.0860. The van der Waals surface area contributed by atoms with Crippen molar-refractivity contribution in [2.75, 3.05) is 5.32 Å². The molecule has 1 aromatic heterocycles. The summed E-state index contributed by atoms with van der Waals surface area (Å²) in [5, 5.41) is 6.58. The molecule has 30 heavy (non-hydrogen) atoms. The molecule has 1 N–H and O–H groups in total. The molecule has 2 saturated carbocycles. The van der Waals surface area contributed by atoms with Gasteiger partial charge in [-0.25, -0.2) is 17.2 Å². The van der Waals surface area contributed by atoms with Crippen molar-refractivity contribution in [3.8, 4) is 0 Å². The first kappa shape index (κ1) is 21.0. The first-order chi connectivity index (χ1) is 14.2. The quantitative estimate of drug-likeness (QED) is 0.718.